The van der Waals surface area contributed by atoms with Gasteiger partial charge in [-0.05, 0) is 55.7 Å². The lowest BCUT2D eigenvalue weighted by Gasteiger charge is -2.33. The molecule has 2 aromatic rings. The lowest BCUT2D eigenvalue weighted by molar-refractivity contribution is -0.132. The molecule has 31 heavy (non-hydrogen) atoms. The van der Waals surface area contributed by atoms with Crippen molar-refractivity contribution in [1.82, 2.24) is 4.90 Å². The molecule has 162 valence electrons. The van der Waals surface area contributed by atoms with Crippen molar-refractivity contribution in [2.45, 2.75) is 19.3 Å². The third kappa shape index (κ3) is 4.78. The van der Waals surface area contributed by atoms with Crippen LogP contribution in [0.2, 0.25) is 10.0 Å². The highest BCUT2D eigenvalue weighted by Crippen LogP contribution is 2.35. The van der Waals surface area contributed by atoms with Gasteiger partial charge in [-0.25, -0.2) is 0 Å². The molecule has 7 nitrogen and oxygen atoms in total. The molecule has 2 aromatic carbocycles. The number of nitrogens with zero attached hydrogens (tertiary/aromatic N) is 2. The van der Waals surface area contributed by atoms with Crippen molar-refractivity contribution in [2.24, 2.45) is 0 Å². The number of ether oxygens (including phenoxy) is 1. The molecule has 0 unspecified atom stereocenters. The minimum absolute atomic E-state index is 0.0562. The molecule has 0 radical (unpaired) electrons. The summed E-state index contributed by atoms with van der Waals surface area (Å²) < 4.78 is 5.51. The third-order valence-electron chi connectivity index (χ3n) is 5.34. The number of rotatable bonds is 4. The van der Waals surface area contributed by atoms with Crippen molar-refractivity contribution in [3.05, 3.63) is 52.0 Å². The van der Waals surface area contributed by atoms with Crippen molar-refractivity contribution < 1.29 is 19.1 Å². The molecule has 1 saturated heterocycles. The molecule has 0 bridgehead atoms. The number of carbonyl (C=O) groups is 3. The summed E-state index contributed by atoms with van der Waals surface area (Å²) in [6, 6.07) is 9.57. The van der Waals surface area contributed by atoms with Crippen LogP contribution in [0.1, 0.15) is 29.6 Å². The second-order valence-corrected chi connectivity index (χ2v) is 8.29. The van der Waals surface area contributed by atoms with Crippen LogP contribution in [-0.4, -0.2) is 48.9 Å². The Hall–Kier alpha value is -2.77. The summed E-state index contributed by atoms with van der Waals surface area (Å²) in [5, 5.41) is 3.41. The zero-order chi connectivity index (χ0) is 22.0. The SMILES string of the molecule is O=C(Nc1ccc2c(c1)N(CC(=O)N1CCCCC1)C(=O)CO2)c1ccc(Cl)c(Cl)c1. The largest absolute Gasteiger partial charge is 0.482 e. The van der Waals surface area contributed by atoms with E-state index in [2.05, 4.69) is 5.32 Å². The molecule has 9 heteroatoms. The highest BCUT2D eigenvalue weighted by atomic mass is 35.5. The number of benzene rings is 2. The van der Waals surface area contributed by atoms with Crippen LogP contribution in [0.25, 0.3) is 0 Å². The van der Waals surface area contributed by atoms with Crippen LogP contribution in [0.15, 0.2) is 36.4 Å². The number of anilines is 2. The van der Waals surface area contributed by atoms with Gasteiger partial charge in [0.2, 0.25) is 5.91 Å². The Morgan fingerprint density at radius 2 is 1.77 bits per heavy atom. The van der Waals surface area contributed by atoms with E-state index in [4.69, 9.17) is 27.9 Å². The van der Waals surface area contributed by atoms with E-state index < -0.39 is 0 Å². The summed E-state index contributed by atoms with van der Waals surface area (Å²) in [7, 11) is 0. The first kappa shape index (κ1) is 21.5. The fourth-order valence-electron chi connectivity index (χ4n) is 3.67. The Morgan fingerprint density at radius 3 is 2.52 bits per heavy atom. The number of carbonyl (C=O) groups excluding carboxylic acids is 3. The van der Waals surface area contributed by atoms with Crippen molar-refractivity contribution in [1.29, 1.82) is 0 Å². The van der Waals surface area contributed by atoms with Gasteiger partial charge in [0.25, 0.3) is 11.8 Å². The molecule has 3 amide bonds. The van der Waals surface area contributed by atoms with Crippen molar-refractivity contribution >= 4 is 52.3 Å². The molecule has 0 atom stereocenters. The molecule has 1 N–H and O–H groups in total. The van der Waals surface area contributed by atoms with Crippen molar-refractivity contribution in [2.75, 3.05) is 36.5 Å². The van der Waals surface area contributed by atoms with E-state index in [9.17, 15) is 14.4 Å². The third-order valence-corrected chi connectivity index (χ3v) is 6.08. The summed E-state index contributed by atoms with van der Waals surface area (Å²) in [6.45, 7) is 1.24. The summed E-state index contributed by atoms with van der Waals surface area (Å²) in [5.41, 5.74) is 1.26. The highest BCUT2D eigenvalue weighted by molar-refractivity contribution is 6.42. The zero-order valence-corrected chi connectivity index (χ0v) is 18.2. The van der Waals surface area contributed by atoms with Crippen LogP contribution in [0.5, 0.6) is 5.75 Å². The average molecular weight is 462 g/mol. The topological polar surface area (TPSA) is 79.0 Å². The normalized spacial score (nSPS) is 15.9. The first-order valence-corrected chi connectivity index (χ1v) is 10.8. The minimum Gasteiger partial charge on any atom is -0.482 e. The lowest BCUT2D eigenvalue weighted by atomic mass is 10.1. The van der Waals surface area contributed by atoms with Gasteiger partial charge >= 0.3 is 0 Å². The standard InChI is InChI=1S/C22H21Cl2N3O4/c23-16-6-4-14(10-17(16)24)22(30)25-15-5-7-19-18(11-15)27(21(29)13-31-19)12-20(28)26-8-2-1-3-9-26/h4-7,10-11H,1-3,8-9,12-13H2,(H,25,30). The summed E-state index contributed by atoms with van der Waals surface area (Å²) in [5.74, 6) is -0.284. The highest BCUT2D eigenvalue weighted by Gasteiger charge is 2.29. The number of halogens is 2. The van der Waals surface area contributed by atoms with E-state index in [1.807, 2.05) is 0 Å². The Kier molecular flexibility index (Phi) is 6.34. The Morgan fingerprint density at radius 1 is 1.00 bits per heavy atom. The van der Waals surface area contributed by atoms with Gasteiger partial charge in [-0.2, -0.15) is 0 Å². The maximum Gasteiger partial charge on any atom is 0.265 e. The summed E-state index contributed by atoms with van der Waals surface area (Å²) in [6.07, 6.45) is 3.07. The number of hydrogen-bond acceptors (Lipinski definition) is 4. The monoisotopic (exact) mass is 461 g/mol. The maximum atomic E-state index is 12.7. The predicted molar refractivity (Wildman–Crippen MR) is 119 cm³/mol. The van der Waals surface area contributed by atoms with Crippen molar-refractivity contribution in [3.8, 4) is 5.75 Å². The fraction of sp³-hybridized carbons (Fsp3) is 0.318. The molecule has 0 spiro atoms. The van der Waals surface area contributed by atoms with Gasteiger partial charge in [0, 0.05) is 24.3 Å². The van der Waals surface area contributed by atoms with Gasteiger partial charge in [0.05, 0.1) is 15.7 Å². The second-order valence-electron chi connectivity index (χ2n) is 7.48. The Balaban J connectivity index is 1.53. The first-order chi connectivity index (χ1) is 14.9. The number of nitrogens with one attached hydrogen (secondary N) is 1. The number of amides is 3. The first-order valence-electron chi connectivity index (χ1n) is 10.0. The van der Waals surface area contributed by atoms with Gasteiger partial charge < -0.3 is 15.0 Å². The Bertz CT molecular complexity index is 1040. The summed E-state index contributed by atoms with van der Waals surface area (Å²) >= 11 is 11.9. The van der Waals surface area contributed by atoms with Crippen LogP contribution >= 0.6 is 23.2 Å². The number of likely N-dealkylation sites (tertiary alicyclic amines) is 1. The molecule has 2 heterocycles. The molecule has 2 aliphatic rings. The molecular weight excluding hydrogens is 441 g/mol. The van der Waals surface area contributed by atoms with Gasteiger partial charge in [-0.1, -0.05) is 23.2 Å². The molecule has 2 aliphatic heterocycles. The minimum atomic E-state index is -0.377. The fourth-order valence-corrected chi connectivity index (χ4v) is 3.97. The van der Waals surface area contributed by atoms with Crippen LogP contribution in [-0.2, 0) is 9.59 Å². The van der Waals surface area contributed by atoms with Gasteiger partial charge in [0.1, 0.15) is 12.3 Å². The van der Waals surface area contributed by atoms with Crippen LogP contribution < -0.4 is 15.0 Å². The molecule has 0 aliphatic carbocycles. The van der Waals surface area contributed by atoms with E-state index in [1.54, 1.807) is 35.2 Å². The van der Waals surface area contributed by atoms with E-state index in [0.717, 1.165) is 19.3 Å². The molecular formula is C22H21Cl2N3O4. The van der Waals surface area contributed by atoms with Gasteiger partial charge in [-0.3, -0.25) is 19.3 Å². The molecule has 1 fully saturated rings. The zero-order valence-electron chi connectivity index (χ0n) is 16.7. The quantitative estimate of drug-likeness (QED) is 0.746. The van der Waals surface area contributed by atoms with Gasteiger partial charge in [0.15, 0.2) is 6.61 Å². The van der Waals surface area contributed by atoms with E-state index in [-0.39, 0.29) is 35.9 Å². The van der Waals surface area contributed by atoms with Gasteiger partial charge in [-0.15, -0.1) is 0 Å². The lowest BCUT2D eigenvalue weighted by Crippen LogP contribution is -2.47. The number of piperidine rings is 1. The van der Waals surface area contributed by atoms with Crippen LogP contribution in [0, 0.1) is 0 Å². The van der Waals surface area contributed by atoms with E-state index in [0.29, 0.717) is 40.8 Å². The Labute approximate surface area is 189 Å². The van der Waals surface area contributed by atoms with E-state index >= 15 is 0 Å². The molecule has 0 aromatic heterocycles. The average Bonchev–Trinajstić information content (AvgIpc) is 2.78. The number of hydrogen-bond donors (Lipinski definition) is 1. The van der Waals surface area contributed by atoms with Crippen molar-refractivity contribution in [3.63, 3.8) is 0 Å². The number of fused-ring (bicyclic) bond motifs is 1. The van der Waals surface area contributed by atoms with Crippen LogP contribution in [0.4, 0.5) is 11.4 Å². The van der Waals surface area contributed by atoms with E-state index in [1.165, 1.54) is 11.0 Å². The maximum absolute atomic E-state index is 12.7. The summed E-state index contributed by atoms with van der Waals surface area (Å²) in [4.78, 5) is 41.0. The smallest absolute Gasteiger partial charge is 0.265 e. The molecule has 0 saturated carbocycles. The van der Waals surface area contributed by atoms with Crippen LogP contribution in [0.3, 0.4) is 0 Å². The molecule has 4 rings (SSSR count). The second kappa shape index (κ2) is 9.16. The predicted octanol–water partition coefficient (Wildman–Crippen LogP) is 3.98.